The van der Waals surface area contributed by atoms with Crippen LogP contribution >= 0.6 is 0 Å². The molecule has 0 aliphatic heterocycles. The lowest BCUT2D eigenvalue weighted by Crippen LogP contribution is -2.01. The average Bonchev–Trinajstić information content (AvgIpc) is 2.66. The van der Waals surface area contributed by atoms with Crippen molar-refractivity contribution in [2.75, 3.05) is 5.32 Å². The Morgan fingerprint density at radius 1 is 1.11 bits per heavy atom. The fourth-order valence-electron chi connectivity index (χ4n) is 2.39. The fraction of sp³-hybridized carbons (Fsp3) is 0.412. The summed E-state index contributed by atoms with van der Waals surface area (Å²) in [6.07, 6.45) is 2.37. The monoisotopic (exact) mass is 256 g/mol. The van der Waals surface area contributed by atoms with Crippen LogP contribution in [0.25, 0.3) is 0 Å². The van der Waals surface area contributed by atoms with Crippen LogP contribution in [-0.4, -0.2) is 4.57 Å². The minimum absolute atomic E-state index is 0.890. The Morgan fingerprint density at radius 3 is 2.32 bits per heavy atom. The van der Waals surface area contributed by atoms with Crippen molar-refractivity contribution in [2.24, 2.45) is 7.05 Å². The van der Waals surface area contributed by atoms with E-state index in [0.717, 1.165) is 13.0 Å². The van der Waals surface area contributed by atoms with Gasteiger partial charge in [-0.3, -0.25) is 0 Å². The third kappa shape index (κ3) is 3.19. The largest absolute Gasteiger partial charge is 0.381 e. The highest BCUT2D eigenvalue weighted by molar-refractivity contribution is 5.45. The second-order valence-corrected chi connectivity index (χ2v) is 5.26. The van der Waals surface area contributed by atoms with Gasteiger partial charge in [-0.1, -0.05) is 25.5 Å². The van der Waals surface area contributed by atoms with Crippen LogP contribution in [0.1, 0.15) is 35.9 Å². The van der Waals surface area contributed by atoms with Crippen LogP contribution in [0.4, 0.5) is 5.69 Å². The first-order valence-electron chi connectivity index (χ1n) is 7.06. The summed E-state index contributed by atoms with van der Waals surface area (Å²) < 4.78 is 2.24. The maximum atomic E-state index is 3.50. The number of rotatable bonds is 5. The Hall–Kier alpha value is -1.70. The molecule has 2 nitrogen and oxygen atoms in total. The first kappa shape index (κ1) is 13.7. The summed E-state index contributed by atoms with van der Waals surface area (Å²) in [5, 5.41) is 3.50. The van der Waals surface area contributed by atoms with Gasteiger partial charge in [-0.25, -0.2) is 0 Å². The van der Waals surface area contributed by atoms with Crippen LogP contribution in [0, 0.1) is 13.8 Å². The van der Waals surface area contributed by atoms with Crippen molar-refractivity contribution in [1.29, 1.82) is 0 Å². The molecule has 2 aromatic rings. The lowest BCUT2D eigenvalue weighted by Gasteiger charge is -2.08. The molecular weight excluding hydrogens is 232 g/mol. The lowest BCUT2D eigenvalue weighted by molar-refractivity contribution is 0.837. The highest BCUT2D eigenvalue weighted by atomic mass is 15.0. The molecule has 1 aromatic carbocycles. The third-order valence-corrected chi connectivity index (χ3v) is 3.86. The molecule has 0 spiro atoms. The Bertz CT molecular complexity index is 535. The molecule has 0 fully saturated rings. The zero-order chi connectivity index (χ0) is 13.8. The summed E-state index contributed by atoms with van der Waals surface area (Å²) >= 11 is 0. The predicted molar refractivity (Wildman–Crippen MR) is 82.7 cm³/mol. The zero-order valence-electron chi connectivity index (χ0n) is 12.5. The fourth-order valence-corrected chi connectivity index (χ4v) is 2.39. The average molecular weight is 256 g/mol. The Kier molecular flexibility index (Phi) is 4.31. The number of benzene rings is 1. The molecule has 0 unspecified atom stereocenters. The van der Waals surface area contributed by atoms with Gasteiger partial charge < -0.3 is 9.88 Å². The van der Waals surface area contributed by atoms with Gasteiger partial charge in [-0.15, -0.1) is 0 Å². The maximum absolute atomic E-state index is 3.50. The molecule has 1 N–H and O–H groups in total. The van der Waals surface area contributed by atoms with Gasteiger partial charge in [0.25, 0.3) is 0 Å². The van der Waals surface area contributed by atoms with Gasteiger partial charge in [0.1, 0.15) is 0 Å². The maximum Gasteiger partial charge on any atom is 0.0418 e. The second kappa shape index (κ2) is 5.96. The zero-order valence-corrected chi connectivity index (χ0v) is 12.5. The van der Waals surface area contributed by atoms with E-state index in [-0.39, 0.29) is 0 Å². The van der Waals surface area contributed by atoms with Crippen LogP contribution in [0.15, 0.2) is 30.3 Å². The van der Waals surface area contributed by atoms with Crippen molar-refractivity contribution < 1.29 is 0 Å². The van der Waals surface area contributed by atoms with Gasteiger partial charge in [0.15, 0.2) is 0 Å². The molecule has 0 radical (unpaired) electrons. The Labute approximate surface area is 116 Å². The Morgan fingerprint density at radius 2 is 1.79 bits per heavy atom. The number of anilines is 1. The molecule has 0 atom stereocenters. The minimum atomic E-state index is 0.890. The van der Waals surface area contributed by atoms with Crippen LogP contribution < -0.4 is 5.32 Å². The van der Waals surface area contributed by atoms with E-state index in [0.29, 0.717) is 0 Å². The third-order valence-electron chi connectivity index (χ3n) is 3.86. The van der Waals surface area contributed by atoms with Gasteiger partial charge in [0, 0.05) is 30.7 Å². The summed E-state index contributed by atoms with van der Waals surface area (Å²) in [6.45, 7) is 7.43. The van der Waals surface area contributed by atoms with Crippen molar-refractivity contribution in [3.8, 4) is 0 Å². The molecule has 0 aliphatic rings. The second-order valence-electron chi connectivity index (χ2n) is 5.26. The molecule has 2 rings (SSSR count). The number of nitrogens with one attached hydrogen (secondary N) is 1. The number of aromatic nitrogens is 1. The first-order valence-corrected chi connectivity index (χ1v) is 7.06. The topological polar surface area (TPSA) is 17.0 Å². The first-order chi connectivity index (χ1) is 9.11. The molecule has 0 aliphatic carbocycles. The molecule has 0 bridgehead atoms. The highest BCUT2D eigenvalue weighted by Gasteiger charge is 2.05. The standard InChI is InChI=1S/C17H24N2/c1-5-6-15-7-9-17(10-8-15)18-12-16-11-13(2)19(4)14(16)3/h7-11,18H,5-6,12H2,1-4H3. The number of nitrogens with zero attached hydrogens (tertiary/aromatic N) is 1. The molecule has 19 heavy (non-hydrogen) atoms. The van der Waals surface area contributed by atoms with Gasteiger partial charge in [-0.2, -0.15) is 0 Å². The molecular formula is C17H24N2. The van der Waals surface area contributed by atoms with Crippen molar-refractivity contribution in [3.05, 3.63) is 52.8 Å². The molecule has 0 saturated heterocycles. The van der Waals surface area contributed by atoms with Crippen LogP contribution in [0.3, 0.4) is 0 Å². The van der Waals surface area contributed by atoms with E-state index in [4.69, 9.17) is 0 Å². The molecule has 2 heteroatoms. The highest BCUT2D eigenvalue weighted by Crippen LogP contribution is 2.16. The smallest absolute Gasteiger partial charge is 0.0418 e. The molecule has 102 valence electrons. The quantitative estimate of drug-likeness (QED) is 0.848. The van der Waals surface area contributed by atoms with Crippen LogP contribution in [0.5, 0.6) is 0 Å². The minimum Gasteiger partial charge on any atom is -0.381 e. The number of hydrogen-bond donors (Lipinski definition) is 1. The lowest BCUT2D eigenvalue weighted by atomic mass is 10.1. The Balaban J connectivity index is 2.00. The van der Waals surface area contributed by atoms with Crippen molar-refractivity contribution in [3.63, 3.8) is 0 Å². The summed E-state index contributed by atoms with van der Waals surface area (Å²) in [5.41, 5.74) is 6.64. The molecule has 1 aromatic heterocycles. The summed E-state index contributed by atoms with van der Waals surface area (Å²) in [6, 6.07) is 11.0. The van der Waals surface area contributed by atoms with Gasteiger partial charge in [0.05, 0.1) is 0 Å². The molecule has 1 heterocycles. The van der Waals surface area contributed by atoms with E-state index < -0.39 is 0 Å². The molecule has 0 saturated carbocycles. The van der Waals surface area contributed by atoms with E-state index in [1.807, 2.05) is 0 Å². The predicted octanol–water partition coefficient (Wildman–Crippen LogP) is 4.21. The van der Waals surface area contributed by atoms with Gasteiger partial charge in [0.2, 0.25) is 0 Å². The van der Waals surface area contributed by atoms with Crippen LogP contribution in [-0.2, 0) is 20.0 Å². The summed E-state index contributed by atoms with van der Waals surface area (Å²) in [4.78, 5) is 0. The van der Waals surface area contributed by atoms with Gasteiger partial charge in [-0.05, 0) is 49.6 Å². The summed E-state index contributed by atoms with van der Waals surface area (Å²) in [5.74, 6) is 0. The van der Waals surface area contributed by atoms with E-state index in [1.165, 1.54) is 34.6 Å². The van der Waals surface area contributed by atoms with E-state index in [9.17, 15) is 0 Å². The normalized spacial score (nSPS) is 10.7. The van der Waals surface area contributed by atoms with Gasteiger partial charge >= 0.3 is 0 Å². The summed E-state index contributed by atoms with van der Waals surface area (Å²) in [7, 11) is 2.12. The van der Waals surface area contributed by atoms with Crippen molar-refractivity contribution >= 4 is 5.69 Å². The molecule has 0 amide bonds. The SMILES string of the molecule is CCCc1ccc(NCc2cc(C)n(C)c2C)cc1. The van der Waals surface area contributed by atoms with E-state index in [1.54, 1.807) is 0 Å². The van der Waals surface area contributed by atoms with Crippen molar-refractivity contribution in [1.82, 2.24) is 4.57 Å². The van der Waals surface area contributed by atoms with Crippen LogP contribution in [0.2, 0.25) is 0 Å². The number of aryl methyl sites for hydroxylation is 2. The van der Waals surface area contributed by atoms with Crippen molar-refractivity contribution in [2.45, 2.75) is 40.2 Å². The van der Waals surface area contributed by atoms with E-state index in [2.05, 4.69) is 68.0 Å². The number of hydrogen-bond acceptors (Lipinski definition) is 1. The van der Waals surface area contributed by atoms with E-state index >= 15 is 0 Å².